The molecule has 1 fully saturated rings. The minimum atomic E-state index is 0.434. The fraction of sp³-hybridized carbons (Fsp3) is 0.207. The number of nitrogens with zero attached hydrogens (tertiary/aromatic N) is 1. The van der Waals surface area contributed by atoms with E-state index in [-0.39, 0.29) is 0 Å². The predicted octanol–water partition coefficient (Wildman–Crippen LogP) is 7.85. The van der Waals surface area contributed by atoms with E-state index < -0.39 is 0 Å². The maximum Gasteiger partial charge on any atom is 0.213 e. The van der Waals surface area contributed by atoms with Crippen LogP contribution in [0.25, 0.3) is 33.6 Å². The van der Waals surface area contributed by atoms with E-state index in [0.717, 1.165) is 0 Å². The Hall–Kier alpha value is -2.71. The van der Waals surface area contributed by atoms with Crippen molar-refractivity contribution in [1.29, 1.82) is 0 Å². The molecule has 4 aromatic rings. The highest BCUT2D eigenvalue weighted by Gasteiger charge is 2.36. The second-order valence-electron chi connectivity index (χ2n) is 8.35. The fourth-order valence-corrected chi connectivity index (χ4v) is 5.60. The number of aromatic nitrogens is 1. The van der Waals surface area contributed by atoms with Crippen molar-refractivity contribution < 1.29 is 4.57 Å². The van der Waals surface area contributed by atoms with Gasteiger partial charge in [0.25, 0.3) is 0 Å². The Morgan fingerprint density at radius 3 is 1.48 bits per heavy atom. The molecule has 1 aliphatic carbocycles. The quantitative estimate of drug-likeness (QED) is 0.212. The van der Waals surface area contributed by atoms with E-state index in [4.69, 9.17) is 0 Å². The highest BCUT2D eigenvalue weighted by atomic mass is 79.9. The van der Waals surface area contributed by atoms with E-state index >= 15 is 0 Å². The van der Waals surface area contributed by atoms with E-state index in [1.54, 1.807) is 0 Å². The Morgan fingerprint density at radius 2 is 1.00 bits per heavy atom. The molecule has 3 aromatic carbocycles. The van der Waals surface area contributed by atoms with Crippen molar-refractivity contribution in [3.8, 4) is 33.6 Å². The number of rotatable bonds is 4. The Balaban J connectivity index is 1.82. The van der Waals surface area contributed by atoms with Crippen LogP contribution in [0.15, 0.2) is 103 Å². The van der Waals surface area contributed by atoms with Gasteiger partial charge in [-0.2, -0.15) is 4.57 Å². The topological polar surface area (TPSA) is 3.88 Å². The molecular formula is C29H27BrN+. The lowest BCUT2D eigenvalue weighted by atomic mass is 9.91. The molecule has 0 saturated heterocycles. The maximum absolute atomic E-state index is 4.05. The SMILES string of the molecule is BrC1CCCCC1[n+]1c(-c2ccccc2)cc(-c2ccccc2)cc1-c1ccccc1. The summed E-state index contributed by atoms with van der Waals surface area (Å²) in [5.41, 5.74) is 7.62. The lowest BCUT2D eigenvalue weighted by Gasteiger charge is -2.26. The molecule has 1 nitrogen and oxygen atoms in total. The monoisotopic (exact) mass is 468 g/mol. The number of pyridine rings is 1. The van der Waals surface area contributed by atoms with Crippen LogP contribution in [-0.2, 0) is 0 Å². The first-order valence-corrected chi connectivity index (χ1v) is 12.1. The third-order valence-corrected chi connectivity index (χ3v) is 7.40. The fourth-order valence-electron chi connectivity index (χ4n) is 4.78. The summed E-state index contributed by atoms with van der Waals surface area (Å²) < 4.78 is 2.61. The van der Waals surface area contributed by atoms with Gasteiger partial charge in [0.2, 0.25) is 11.4 Å². The first-order valence-electron chi connectivity index (χ1n) is 11.2. The summed E-state index contributed by atoms with van der Waals surface area (Å²) in [6, 6.07) is 37.6. The Morgan fingerprint density at radius 1 is 0.548 bits per heavy atom. The van der Waals surface area contributed by atoms with Gasteiger partial charge in [-0.05, 0) is 48.2 Å². The van der Waals surface area contributed by atoms with Crippen molar-refractivity contribution in [2.24, 2.45) is 0 Å². The van der Waals surface area contributed by atoms with Gasteiger partial charge in [0, 0.05) is 29.7 Å². The van der Waals surface area contributed by atoms with Crippen LogP contribution in [0.5, 0.6) is 0 Å². The lowest BCUT2D eigenvalue weighted by Crippen LogP contribution is -2.49. The summed E-state index contributed by atoms with van der Waals surface area (Å²) in [5.74, 6) is 0. The van der Waals surface area contributed by atoms with E-state index in [2.05, 4.69) is 124 Å². The molecule has 0 radical (unpaired) electrons. The molecule has 2 unspecified atom stereocenters. The number of halogens is 1. The molecule has 2 atom stereocenters. The molecule has 0 N–H and O–H groups in total. The zero-order valence-corrected chi connectivity index (χ0v) is 19.2. The summed E-state index contributed by atoms with van der Waals surface area (Å²) in [6.07, 6.45) is 5.00. The zero-order valence-electron chi connectivity index (χ0n) is 17.6. The average Bonchev–Trinajstić information content (AvgIpc) is 2.85. The Labute approximate surface area is 193 Å². The third kappa shape index (κ3) is 4.22. The molecule has 1 saturated carbocycles. The lowest BCUT2D eigenvalue weighted by molar-refractivity contribution is -0.703. The first-order chi connectivity index (χ1) is 15.3. The number of hydrogen-bond acceptors (Lipinski definition) is 0. The van der Waals surface area contributed by atoms with Crippen LogP contribution < -0.4 is 4.57 Å². The van der Waals surface area contributed by atoms with Crippen molar-refractivity contribution in [2.45, 2.75) is 36.6 Å². The maximum atomic E-state index is 4.05. The molecule has 154 valence electrons. The summed E-state index contributed by atoms with van der Waals surface area (Å²) >= 11 is 4.05. The van der Waals surface area contributed by atoms with Gasteiger partial charge in [-0.25, -0.2) is 0 Å². The summed E-state index contributed by atoms with van der Waals surface area (Å²) in [5, 5.41) is 0. The third-order valence-electron chi connectivity index (χ3n) is 6.33. The minimum Gasteiger partial charge on any atom is -0.187 e. The zero-order chi connectivity index (χ0) is 21.0. The molecule has 1 heterocycles. The van der Waals surface area contributed by atoms with Gasteiger partial charge < -0.3 is 0 Å². The summed E-state index contributed by atoms with van der Waals surface area (Å²) in [4.78, 5) is 0.485. The Kier molecular flexibility index (Phi) is 5.99. The van der Waals surface area contributed by atoms with Gasteiger partial charge in [0.1, 0.15) is 0 Å². The molecule has 1 aliphatic rings. The average molecular weight is 469 g/mol. The Bertz CT molecular complexity index is 1080. The molecular weight excluding hydrogens is 442 g/mol. The second-order valence-corrected chi connectivity index (χ2v) is 9.53. The summed E-state index contributed by atoms with van der Waals surface area (Å²) in [6.45, 7) is 0. The normalized spacial score (nSPS) is 18.6. The highest BCUT2D eigenvalue weighted by Crippen LogP contribution is 2.36. The standard InChI is InChI=1S/C29H27BrN/c30-26-18-10-11-19-27(26)31-28(23-14-6-2-7-15-23)20-25(22-12-4-1-5-13-22)21-29(31)24-16-8-3-9-17-24/h1-9,12-17,20-21,26-27H,10-11,18-19H2/q+1. The number of hydrogen-bond donors (Lipinski definition) is 0. The van der Waals surface area contributed by atoms with Crippen molar-refractivity contribution in [3.05, 3.63) is 103 Å². The van der Waals surface area contributed by atoms with Crippen molar-refractivity contribution in [3.63, 3.8) is 0 Å². The molecule has 1 aromatic heterocycles. The summed E-state index contributed by atoms with van der Waals surface area (Å²) in [7, 11) is 0. The first kappa shape index (κ1) is 20.2. The smallest absolute Gasteiger partial charge is 0.187 e. The van der Waals surface area contributed by atoms with E-state index in [1.165, 1.54) is 59.3 Å². The predicted molar refractivity (Wildman–Crippen MR) is 133 cm³/mol. The van der Waals surface area contributed by atoms with E-state index in [1.807, 2.05) is 0 Å². The van der Waals surface area contributed by atoms with Crippen molar-refractivity contribution in [2.75, 3.05) is 0 Å². The molecule has 0 aliphatic heterocycles. The number of benzene rings is 3. The largest absolute Gasteiger partial charge is 0.213 e. The van der Waals surface area contributed by atoms with Crippen LogP contribution >= 0.6 is 15.9 Å². The molecule has 5 rings (SSSR count). The molecule has 0 bridgehead atoms. The van der Waals surface area contributed by atoms with Crippen LogP contribution in [0.4, 0.5) is 0 Å². The van der Waals surface area contributed by atoms with Crippen LogP contribution in [0, 0.1) is 0 Å². The van der Waals surface area contributed by atoms with Gasteiger partial charge >= 0.3 is 0 Å². The van der Waals surface area contributed by atoms with Gasteiger partial charge in [-0.3, -0.25) is 0 Å². The van der Waals surface area contributed by atoms with Gasteiger partial charge in [-0.1, -0.05) is 89.1 Å². The number of alkyl halides is 1. The van der Waals surface area contributed by atoms with Crippen LogP contribution in [0.1, 0.15) is 31.7 Å². The molecule has 31 heavy (non-hydrogen) atoms. The van der Waals surface area contributed by atoms with Gasteiger partial charge in [-0.15, -0.1) is 0 Å². The van der Waals surface area contributed by atoms with E-state index in [0.29, 0.717) is 10.9 Å². The van der Waals surface area contributed by atoms with Gasteiger partial charge in [0.15, 0.2) is 6.04 Å². The van der Waals surface area contributed by atoms with Crippen LogP contribution in [0.3, 0.4) is 0 Å². The molecule has 0 amide bonds. The highest BCUT2D eigenvalue weighted by molar-refractivity contribution is 9.09. The minimum absolute atomic E-state index is 0.434. The molecule has 2 heteroatoms. The van der Waals surface area contributed by atoms with Gasteiger partial charge in [0.05, 0.1) is 4.83 Å². The van der Waals surface area contributed by atoms with E-state index in [9.17, 15) is 0 Å². The van der Waals surface area contributed by atoms with Crippen molar-refractivity contribution in [1.82, 2.24) is 0 Å². The van der Waals surface area contributed by atoms with Crippen LogP contribution in [-0.4, -0.2) is 4.83 Å². The second kappa shape index (κ2) is 9.20. The van der Waals surface area contributed by atoms with Crippen molar-refractivity contribution >= 4 is 15.9 Å². The molecule has 0 spiro atoms. The van der Waals surface area contributed by atoms with Crippen LogP contribution in [0.2, 0.25) is 0 Å².